The number of rotatable bonds is 3. The molecule has 0 aromatic carbocycles. The molecule has 0 fully saturated rings. The number of halogens is 1. The molecule has 1 aromatic heterocycles. The summed E-state index contributed by atoms with van der Waals surface area (Å²) < 4.78 is 17.0. The normalized spacial score (nSPS) is 13.4. The quantitative estimate of drug-likeness (QED) is 0.717. The first-order valence-electron chi connectivity index (χ1n) is 3.48. The molecule has 1 aromatic rings. The number of carboxylic acid groups (broad SMARTS) is 1. The molecule has 5 nitrogen and oxygen atoms in total. The lowest BCUT2D eigenvalue weighted by molar-refractivity contribution is -0.131. The minimum Gasteiger partial charge on any atom is -0.478 e. The van der Waals surface area contributed by atoms with Gasteiger partial charge in [0.15, 0.2) is 6.17 Å². The first-order valence-corrected chi connectivity index (χ1v) is 3.48. The van der Waals surface area contributed by atoms with Gasteiger partial charge in [-0.25, -0.2) is 9.18 Å². The van der Waals surface area contributed by atoms with Gasteiger partial charge in [0, 0.05) is 12.2 Å². The average molecular weight is 186 g/mol. The number of nitrogens with zero attached hydrogens (tertiary/aromatic N) is 2. The molecule has 13 heavy (non-hydrogen) atoms. The predicted molar refractivity (Wildman–Crippen MR) is 40.5 cm³/mol. The lowest BCUT2D eigenvalue weighted by atomic mass is 10.4. The first kappa shape index (κ1) is 9.37. The van der Waals surface area contributed by atoms with E-state index in [1.807, 2.05) is 0 Å². The van der Waals surface area contributed by atoms with Gasteiger partial charge in [-0.3, -0.25) is 0 Å². The van der Waals surface area contributed by atoms with Gasteiger partial charge < -0.3 is 9.63 Å². The fourth-order valence-electron chi connectivity index (χ4n) is 0.619. The van der Waals surface area contributed by atoms with Crippen LogP contribution in [0.15, 0.2) is 10.6 Å². The van der Waals surface area contributed by atoms with E-state index in [1.54, 1.807) is 0 Å². The third-order valence-electron chi connectivity index (χ3n) is 1.18. The molecule has 0 radical (unpaired) electrons. The van der Waals surface area contributed by atoms with Crippen LogP contribution in [0.4, 0.5) is 4.39 Å². The van der Waals surface area contributed by atoms with E-state index in [9.17, 15) is 9.18 Å². The summed E-state index contributed by atoms with van der Waals surface area (Å²) >= 11 is 0. The van der Waals surface area contributed by atoms with E-state index >= 15 is 0 Å². The maximum atomic E-state index is 12.5. The molecule has 0 spiro atoms. The average Bonchev–Trinajstić information content (AvgIpc) is 2.48. The van der Waals surface area contributed by atoms with Gasteiger partial charge in [0.05, 0.1) is 0 Å². The van der Waals surface area contributed by atoms with E-state index in [1.165, 1.54) is 6.92 Å². The van der Waals surface area contributed by atoms with Crippen LogP contribution >= 0.6 is 0 Å². The maximum absolute atomic E-state index is 12.5. The zero-order chi connectivity index (χ0) is 9.84. The SMILES string of the molecule is CC(F)c1noc(/C=C/C(=O)O)n1. The van der Waals surface area contributed by atoms with Gasteiger partial charge >= 0.3 is 5.97 Å². The van der Waals surface area contributed by atoms with Crippen molar-refractivity contribution in [2.24, 2.45) is 0 Å². The Labute approximate surface area is 72.9 Å². The van der Waals surface area contributed by atoms with Gasteiger partial charge in [0.1, 0.15) is 0 Å². The standard InChI is InChI=1S/C7H7FN2O3/c1-4(8)7-9-5(13-10-7)2-3-6(11)12/h2-4H,1H3,(H,11,12)/b3-2+. The van der Waals surface area contributed by atoms with Crippen LogP contribution in [-0.4, -0.2) is 21.2 Å². The van der Waals surface area contributed by atoms with Crippen LogP contribution in [-0.2, 0) is 4.79 Å². The molecule has 0 aliphatic heterocycles. The Kier molecular flexibility index (Phi) is 2.73. The Bertz CT molecular complexity index is 332. The van der Waals surface area contributed by atoms with Crippen molar-refractivity contribution in [2.75, 3.05) is 0 Å². The second kappa shape index (κ2) is 3.79. The molecule has 0 aliphatic carbocycles. The molecule has 1 heterocycles. The van der Waals surface area contributed by atoms with Crippen LogP contribution in [0.5, 0.6) is 0 Å². The molecule has 0 saturated carbocycles. The highest BCUT2D eigenvalue weighted by atomic mass is 19.1. The first-order chi connectivity index (χ1) is 6.09. The Hall–Kier alpha value is -1.72. The summed E-state index contributed by atoms with van der Waals surface area (Å²) in [4.78, 5) is 13.6. The molecule has 1 N–H and O–H groups in total. The lowest BCUT2D eigenvalue weighted by Gasteiger charge is -1.87. The molecule has 6 heteroatoms. The number of aliphatic carboxylic acids is 1. The van der Waals surface area contributed by atoms with E-state index in [-0.39, 0.29) is 11.7 Å². The van der Waals surface area contributed by atoms with Crippen LogP contribution in [0, 0.1) is 0 Å². The molecule has 1 unspecified atom stereocenters. The highest BCUT2D eigenvalue weighted by Crippen LogP contribution is 2.12. The summed E-state index contributed by atoms with van der Waals surface area (Å²) in [7, 11) is 0. The number of carbonyl (C=O) groups is 1. The van der Waals surface area contributed by atoms with Crippen LogP contribution in [0.2, 0.25) is 0 Å². The summed E-state index contributed by atoms with van der Waals surface area (Å²) in [5, 5.41) is 11.5. The molecular weight excluding hydrogens is 179 g/mol. The lowest BCUT2D eigenvalue weighted by Crippen LogP contribution is -1.88. The van der Waals surface area contributed by atoms with E-state index in [4.69, 9.17) is 5.11 Å². The molecule has 0 saturated heterocycles. The highest BCUT2D eigenvalue weighted by molar-refractivity contribution is 5.84. The zero-order valence-corrected chi connectivity index (χ0v) is 6.77. The highest BCUT2D eigenvalue weighted by Gasteiger charge is 2.10. The molecule has 70 valence electrons. The van der Waals surface area contributed by atoms with E-state index in [2.05, 4.69) is 14.7 Å². The van der Waals surface area contributed by atoms with Crippen LogP contribution in [0.1, 0.15) is 24.8 Å². The number of alkyl halides is 1. The number of hydrogen-bond acceptors (Lipinski definition) is 4. The van der Waals surface area contributed by atoms with E-state index in [0.717, 1.165) is 12.2 Å². The molecule has 1 atom stereocenters. The van der Waals surface area contributed by atoms with Crippen molar-refractivity contribution in [1.82, 2.24) is 10.1 Å². The third kappa shape index (κ3) is 2.66. The molecule has 0 amide bonds. The van der Waals surface area contributed by atoms with Gasteiger partial charge in [0.25, 0.3) is 5.89 Å². The number of aromatic nitrogens is 2. The van der Waals surface area contributed by atoms with Crippen LogP contribution in [0.3, 0.4) is 0 Å². The molecular formula is C7H7FN2O3. The fraction of sp³-hybridized carbons (Fsp3) is 0.286. The largest absolute Gasteiger partial charge is 0.478 e. The van der Waals surface area contributed by atoms with E-state index in [0.29, 0.717) is 0 Å². The summed E-state index contributed by atoms with van der Waals surface area (Å²) in [6.45, 7) is 1.26. The van der Waals surface area contributed by atoms with Gasteiger partial charge in [-0.15, -0.1) is 0 Å². The topological polar surface area (TPSA) is 76.2 Å². The Balaban J connectivity index is 2.75. The second-order valence-electron chi connectivity index (χ2n) is 2.28. The number of hydrogen-bond donors (Lipinski definition) is 1. The smallest absolute Gasteiger partial charge is 0.328 e. The van der Waals surface area contributed by atoms with Crippen molar-refractivity contribution >= 4 is 12.0 Å². The minimum atomic E-state index is -1.32. The summed E-state index contributed by atoms with van der Waals surface area (Å²) in [5.74, 6) is -1.25. The van der Waals surface area contributed by atoms with Gasteiger partial charge in [-0.05, 0) is 6.92 Å². The summed E-state index contributed by atoms with van der Waals surface area (Å²) in [6.07, 6.45) is 0.609. The van der Waals surface area contributed by atoms with E-state index < -0.39 is 12.1 Å². The fourth-order valence-corrected chi connectivity index (χ4v) is 0.619. The minimum absolute atomic E-state index is 0.0260. The Morgan fingerprint density at radius 3 is 2.92 bits per heavy atom. The second-order valence-corrected chi connectivity index (χ2v) is 2.28. The third-order valence-corrected chi connectivity index (χ3v) is 1.18. The zero-order valence-electron chi connectivity index (χ0n) is 6.77. The van der Waals surface area contributed by atoms with Gasteiger partial charge in [-0.2, -0.15) is 4.98 Å². The van der Waals surface area contributed by atoms with Crippen LogP contribution in [0.25, 0.3) is 6.08 Å². The van der Waals surface area contributed by atoms with Crippen molar-refractivity contribution < 1.29 is 18.8 Å². The Morgan fingerprint density at radius 1 is 1.77 bits per heavy atom. The van der Waals surface area contributed by atoms with Crippen LogP contribution < -0.4 is 0 Å². The maximum Gasteiger partial charge on any atom is 0.328 e. The van der Waals surface area contributed by atoms with Crippen molar-refractivity contribution in [3.8, 4) is 0 Å². The molecule has 0 bridgehead atoms. The van der Waals surface area contributed by atoms with Crippen molar-refractivity contribution in [1.29, 1.82) is 0 Å². The molecule has 0 aliphatic rings. The van der Waals surface area contributed by atoms with Crippen molar-refractivity contribution in [3.05, 3.63) is 17.8 Å². The summed E-state index contributed by atoms with van der Waals surface area (Å²) in [5.41, 5.74) is 0. The van der Waals surface area contributed by atoms with Gasteiger partial charge in [0.2, 0.25) is 5.82 Å². The predicted octanol–water partition coefficient (Wildman–Crippen LogP) is 1.20. The van der Waals surface area contributed by atoms with Crippen molar-refractivity contribution in [3.63, 3.8) is 0 Å². The van der Waals surface area contributed by atoms with Crippen molar-refractivity contribution in [2.45, 2.75) is 13.1 Å². The summed E-state index contributed by atoms with van der Waals surface area (Å²) in [6, 6.07) is 0. The monoisotopic (exact) mass is 186 g/mol. The Morgan fingerprint density at radius 2 is 2.46 bits per heavy atom. The molecule has 1 rings (SSSR count). The van der Waals surface area contributed by atoms with Gasteiger partial charge in [-0.1, -0.05) is 5.16 Å². The number of carboxylic acids is 1.